The predicted octanol–water partition coefficient (Wildman–Crippen LogP) is 2.46. The van der Waals surface area contributed by atoms with Gasteiger partial charge < -0.3 is 13.9 Å². The van der Waals surface area contributed by atoms with Crippen LogP contribution in [-0.2, 0) is 6.54 Å². The molecule has 3 aromatic rings. The molecule has 0 saturated carbocycles. The number of aryl methyl sites for hydroxylation is 1. The fraction of sp³-hybridized carbons (Fsp3) is 0.294. The maximum Gasteiger partial charge on any atom is 0.276 e. The fourth-order valence-corrected chi connectivity index (χ4v) is 3.09. The zero-order chi connectivity index (χ0) is 16.7. The van der Waals surface area contributed by atoms with Crippen molar-refractivity contribution in [2.75, 3.05) is 6.54 Å². The van der Waals surface area contributed by atoms with Crippen LogP contribution in [0.25, 0.3) is 11.4 Å². The van der Waals surface area contributed by atoms with Crippen LogP contribution in [0, 0.1) is 6.92 Å². The summed E-state index contributed by atoms with van der Waals surface area (Å²) in [4.78, 5) is 18.4. The number of aromatic nitrogens is 4. The molecule has 0 bridgehead atoms. The number of rotatable bonds is 2. The Bertz CT molecular complexity index is 884. The monoisotopic (exact) mass is 323 g/mol. The Balaban J connectivity index is 1.65. The van der Waals surface area contributed by atoms with Gasteiger partial charge in [0.1, 0.15) is 6.26 Å². The van der Waals surface area contributed by atoms with Crippen LogP contribution in [0.2, 0.25) is 0 Å². The molecule has 1 atom stereocenters. The zero-order valence-electron chi connectivity index (χ0n) is 13.5. The van der Waals surface area contributed by atoms with Gasteiger partial charge in [-0.1, -0.05) is 30.3 Å². The van der Waals surface area contributed by atoms with Gasteiger partial charge in [0.25, 0.3) is 5.91 Å². The van der Waals surface area contributed by atoms with Crippen molar-refractivity contribution in [2.24, 2.45) is 0 Å². The standard InChI is InChI=1S/C17H17N5O2/c1-11-8-21(17(23)14-10-24-12(2)18-14)9-15-19-20-16(22(11)15)13-6-4-3-5-7-13/h3-7,10-11H,8-9H2,1-2H3/t11-/m0/s1. The molecule has 0 N–H and O–H groups in total. The number of carbonyl (C=O) groups excluding carboxylic acids is 1. The van der Waals surface area contributed by atoms with E-state index >= 15 is 0 Å². The lowest BCUT2D eigenvalue weighted by Crippen LogP contribution is -2.40. The predicted molar refractivity (Wildman–Crippen MR) is 86.1 cm³/mol. The molecule has 0 saturated heterocycles. The third kappa shape index (κ3) is 2.38. The largest absolute Gasteiger partial charge is 0.448 e. The molecule has 0 aliphatic carbocycles. The van der Waals surface area contributed by atoms with E-state index in [1.165, 1.54) is 6.26 Å². The van der Waals surface area contributed by atoms with E-state index in [0.29, 0.717) is 24.7 Å². The minimum absolute atomic E-state index is 0.0795. The number of fused-ring (bicyclic) bond motifs is 1. The lowest BCUT2D eigenvalue weighted by Gasteiger charge is -2.32. The minimum Gasteiger partial charge on any atom is -0.448 e. The molecule has 4 rings (SSSR count). The quantitative estimate of drug-likeness (QED) is 0.724. The van der Waals surface area contributed by atoms with Gasteiger partial charge in [0.05, 0.1) is 12.6 Å². The summed E-state index contributed by atoms with van der Waals surface area (Å²) in [6.07, 6.45) is 1.40. The topological polar surface area (TPSA) is 77.1 Å². The van der Waals surface area contributed by atoms with Crippen molar-refractivity contribution in [1.82, 2.24) is 24.6 Å². The number of oxazole rings is 1. The van der Waals surface area contributed by atoms with Gasteiger partial charge >= 0.3 is 0 Å². The van der Waals surface area contributed by atoms with Gasteiger partial charge in [-0.25, -0.2) is 4.98 Å². The summed E-state index contributed by atoms with van der Waals surface area (Å²) in [5.41, 5.74) is 1.35. The normalized spacial score (nSPS) is 16.9. The maximum absolute atomic E-state index is 12.6. The summed E-state index contributed by atoms with van der Waals surface area (Å²) < 4.78 is 7.25. The molecule has 24 heavy (non-hydrogen) atoms. The lowest BCUT2D eigenvalue weighted by molar-refractivity contribution is 0.0676. The van der Waals surface area contributed by atoms with Crippen molar-refractivity contribution in [2.45, 2.75) is 26.4 Å². The average molecular weight is 323 g/mol. The fourth-order valence-electron chi connectivity index (χ4n) is 3.09. The molecule has 0 unspecified atom stereocenters. The molecule has 2 aromatic heterocycles. The van der Waals surface area contributed by atoms with E-state index < -0.39 is 0 Å². The van der Waals surface area contributed by atoms with E-state index in [4.69, 9.17) is 4.42 Å². The van der Waals surface area contributed by atoms with Crippen molar-refractivity contribution < 1.29 is 9.21 Å². The van der Waals surface area contributed by atoms with Crippen molar-refractivity contribution in [3.8, 4) is 11.4 Å². The van der Waals surface area contributed by atoms with E-state index in [1.54, 1.807) is 11.8 Å². The molecule has 1 aliphatic heterocycles. The first-order chi connectivity index (χ1) is 11.6. The SMILES string of the molecule is Cc1nc(C(=O)N2Cc3nnc(-c4ccccc4)n3[C@@H](C)C2)co1. The first-order valence-electron chi connectivity index (χ1n) is 7.84. The second-order valence-corrected chi connectivity index (χ2v) is 5.96. The molecule has 7 nitrogen and oxygen atoms in total. The van der Waals surface area contributed by atoms with Crippen LogP contribution in [0.3, 0.4) is 0 Å². The van der Waals surface area contributed by atoms with Crippen LogP contribution in [-0.4, -0.2) is 37.1 Å². The second-order valence-electron chi connectivity index (χ2n) is 5.96. The summed E-state index contributed by atoms with van der Waals surface area (Å²) in [6, 6.07) is 10.0. The minimum atomic E-state index is -0.144. The summed E-state index contributed by atoms with van der Waals surface area (Å²) >= 11 is 0. The Morgan fingerprint density at radius 2 is 2.04 bits per heavy atom. The molecule has 1 amide bonds. The molecule has 1 aliphatic rings. The van der Waals surface area contributed by atoms with Crippen LogP contribution in [0.4, 0.5) is 0 Å². The third-order valence-corrected chi connectivity index (χ3v) is 4.18. The molecule has 0 radical (unpaired) electrons. The molecule has 1 aromatic carbocycles. The number of benzene rings is 1. The number of carbonyl (C=O) groups is 1. The molecule has 3 heterocycles. The Morgan fingerprint density at radius 3 is 2.75 bits per heavy atom. The van der Waals surface area contributed by atoms with Gasteiger partial charge in [0, 0.05) is 19.0 Å². The van der Waals surface area contributed by atoms with Gasteiger partial charge in [-0.05, 0) is 6.92 Å². The first-order valence-corrected chi connectivity index (χ1v) is 7.84. The van der Waals surface area contributed by atoms with Gasteiger partial charge in [-0.15, -0.1) is 10.2 Å². The molecule has 0 fully saturated rings. The highest BCUT2D eigenvalue weighted by Crippen LogP contribution is 2.27. The second kappa shape index (κ2) is 5.59. The highest BCUT2D eigenvalue weighted by Gasteiger charge is 2.31. The van der Waals surface area contributed by atoms with E-state index in [-0.39, 0.29) is 11.9 Å². The Kier molecular flexibility index (Phi) is 3.41. The van der Waals surface area contributed by atoms with E-state index in [1.807, 2.05) is 30.3 Å². The van der Waals surface area contributed by atoms with Crippen LogP contribution < -0.4 is 0 Å². The van der Waals surface area contributed by atoms with E-state index in [9.17, 15) is 4.79 Å². The smallest absolute Gasteiger partial charge is 0.276 e. The van der Waals surface area contributed by atoms with Crippen LogP contribution in [0.1, 0.15) is 35.2 Å². The van der Waals surface area contributed by atoms with Gasteiger partial charge in [-0.2, -0.15) is 0 Å². The third-order valence-electron chi connectivity index (χ3n) is 4.18. The van der Waals surface area contributed by atoms with Crippen LogP contribution in [0.5, 0.6) is 0 Å². The average Bonchev–Trinajstić information content (AvgIpc) is 3.21. The van der Waals surface area contributed by atoms with E-state index in [2.05, 4.69) is 26.7 Å². The molecular formula is C17H17N5O2. The highest BCUT2D eigenvalue weighted by molar-refractivity contribution is 5.92. The van der Waals surface area contributed by atoms with Crippen molar-refractivity contribution in [1.29, 1.82) is 0 Å². The van der Waals surface area contributed by atoms with Crippen molar-refractivity contribution in [3.63, 3.8) is 0 Å². The number of hydrogen-bond acceptors (Lipinski definition) is 5. The number of amides is 1. The summed E-state index contributed by atoms with van der Waals surface area (Å²) in [6.45, 7) is 4.77. The van der Waals surface area contributed by atoms with Crippen LogP contribution in [0.15, 0.2) is 41.0 Å². The summed E-state index contributed by atoms with van der Waals surface area (Å²) in [7, 11) is 0. The zero-order valence-corrected chi connectivity index (χ0v) is 13.5. The van der Waals surface area contributed by atoms with Gasteiger partial charge in [-0.3, -0.25) is 4.79 Å². The van der Waals surface area contributed by atoms with E-state index in [0.717, 1.165) is 17.2 Å². The molecular weight excluding hydrogens is 306 g/mol. The maximum atomic E-state index is 12.6. The van der Waals surface area contributed by atoms with Crippen molar-refractivity contribution >= 4 is 5.91 Å². The summed E-state index contributed by atoms with van der Waals surface area (Å²) in [5.74, 6) is 1.95. The van der Waals surface area contributed by atoms with Gasteiger partial charge in [0.2, 0.25) is 0 Å². The lowest BCUT2D eigenvalue weighted by atomic mass is 10.1. The van der Waals surface area contributed by atoms with Crippen LogP contribution >= 0.6 is 0 Å². The number of nitrogens with zero attached hydrogens (tertiary/aromatic N) is 5. The highest BCUT2D eigenvalue weighted by atomic mass is 16.3. The van der Waals surface area contributed by atoms with Gasteiger partial charge in [0.15, 0.2) is 23.2 Å². The molecule has 7 heteroatoms. The Labute approximate surface area is 138 Å². The molecule has 0 spiro atoms. The Morgan fingerprint density at radius 1 is 1.25 bits per heavy atom. The Hall–Kier alpha value is -2.96. The molecule has 122 valence electrons. The summed E-state index contributed by atoms with van der Waals surface area (Å²) in [5, 5.41) is 8.62. The van der Waals surface area contributed by atoms with Crippen molar-refractivity contribution in [3.05, 3.63) is 54.0 Å². The first kappa shape index (κ1) is 14.6. The number of hydrogen-bond donors (Lipinski definition) is 0.